The van der Waals surface area contributed by atoms with E-state index in [2.05, 4.69) is 17.2 Å². The molecule has 0 bridgehead atoms. The quantitative estimate of drug-likeness (QED) is 0.861. The first-order valence-electron chi connectivity index (χ1n) is 7.46. The molecule has 1 amide bonds. The molecule has 2 aromatic carbocycles. The predicted molar refractivity (Wildman–Crippen MR) is 92.6 cm³/mol. The van der Waals surface area contributed by atoms with E-state index in [-0.39, 0.29) is 11.4 Å². The summed E-state index contributed by atoms with van der Waals surface area (Å²) in [6.45, 7) is 5.87. The van der Waals surface area contributed by atoms with Crippen molar-refractivity contribution in [3.8, 4) is 17.6 Å². The first-order chi connectivity index (χ1) is 10.9. The molecule has 0 unspecified atom stereocenters. The number of ether oxygens (including phenoxy) is 1. The Morgan fingerprint density at radius 3 is 1.83 bits per heavy atom. The second kappa shape index (κ2) is 7.02. The van der Waals surface area contributed by atoms with Crippen molar-refractivity contribution in [1.29, 1.82) is 0 Å². The lowest BCUT2D eigenvalue weighted by atomic mass is 10.1. The zero-order valence-corrected chi connectivity index (χ0v) is 13.9. The van der Waals surface area contributed by atoms with Gasteiger partial charge in [0.15, 0.2) is 0 Å². The number of benzene rings is 2. The van der Waals surface area contributed by atoms with Crippen LogP contribution >= 0.6 is 0 Å². The molecule has 1 N–H and O–H groups in total. The summed E-state index contributed by atoms with van der Waals surface area (Å²) in [6, 6.07) is 14.9. The number of hydrogen-bond donors (Lipinski definition) is 1. The van der Waals surface area contributed by atoms with Crippen LogP contribution in [0.2, 0.25) is 0 Å². The van der Waals surface area contributed by atoms with Gasteiger partial charge in [0.1, 0.15) is 5.75 Å². The monoisotopic (exact) mass is 307 g/mol. The highest BCUT2D eigenvalue weighted by molar-refractivity contribution is 5.94. The molecule has 0 saturated carbocycles. The summed E-state index contributed by atoms with van der Waals surface area (Å²) in [5.41, 5.74) is 2.17. The summed E-state index contributed by atoms with van der Waals surface area (Å²) in [5, 5.41) is 2.94. The predicted octanol–water partition coefficient (Wildman–Crippen LogP) is 3.62. The zero-order valence-electron chi connectivity index (χ0n) is 13.9. The molecule has 0 aromatic heterocycles. The van der Waals surface area contributed by atoms with Crippen molar-refractivity contribution < 1.29 is 9.53 Å². The molecule has 118 valence electrons. The third-order valence-corrected chi connectivity index (χ3v) is 3.08. The molecule has 0 saturated heterocycles. The maximum absolute atomic E-state index is 12.1. The van der Waals surface area contributed by atoms with Crippen LogP contribution in [0.15, 0.2) is 48.5 Å². The Kier molecular flexibility index (Phi) is 5.08. The van der Waals surface area contributed by atoms with E-state index >= 15 is 0 Å². The molecule has 3 heteroatoms. The van der Waals surface area contributed by atoms with E-state index in [1.165, 1.54) is 0 Å². The molecule has 23 heavy (non-hydrogen) atoms. The van der Waals surface area contributed by atoms with E-state index < -0.39 is 0 Å². The van der Waals surface area contributed by atoms with Crippen molar-refractivity contribution in [3.05, 3.63) is 65.2 Å². The van der Waals surface area contributed by atoms with E-state index in [1.807, 2.05) is 57.2 Å². The topological polar surface area (TPSA) is 38.3 Å². The van der Waals surface area contributed by atoms with Crippen LogP contribution in [0.4, 0.5) is 0 Å². The van der Waals surface area contributed by atoms with Crippen molar-refractivity contribution >= 4 is 5.91 Å². The Labute approximate surface area is 137 Å². The number of carbonyl (C=O) groups is 1. The maximum Gasteiger partial charge on any atom is 0.251 e. The van der Waals surface area contributed by atoms with Crippen LogP contribution in [0.25, 0.3) is 0 Å². The van der Waals surface area contributed by atoms with Crippen molar-refractivity contribution in [2.75, 3.05) is 7.11 Å². The van der Waals surface area contributed by atoms with Crippen molar-refractivity contribution in [3.63, 3.8) is 0 Å². The molecule has 0 aliphatic rings. The summed E-state index contributed by atoms with van der Waals surface area (Å²) in [5.74, 6) is 6.92. The Morgan fingerprint density at radius 2 is 1.39 bits per heavy atom. The summed E-state index contributed by atoms with van der Waals surface area (Å²) in [4.78, 5) is 12.1. The zero-order chi connectivity index (χ0) is 16.9. The number of amides is 1. The molecule has 2 aromatic rings. The molecule has 3 nitrogen and oxygen atoms in total. The fourth-order valence-electron chi connectivity index (χ4n) is 1.94. The van der Waals surface area contributed by atoms with Gasteiger partial charge in [0.05, 0.1) is 7.11 Å². The number of carbonyl (C=O) groups excluding carboxylic acids is 1. The third kappa shape index (κ3) is 5.19. The normalized spacial score (nSPS) is 10.4. The van der Waals surface area contributed by atoms with E-state index in [1.54, 1.807) is 19.2 Å². The van der Waals surface area contributed by atoms with Gasteiger partial charge in [-0.1, -0.05) is 11.8 Å². The van der Waals surface area contributed by atoms with Crippen LogP contribution in [-0.2, 0) is 0 Å². The molecule has 0 heterocycles. The standard InChI is InChI=1S/C20H21NO2/c1-20(2,3)21-19(22)17-11-7-15(8-12-17)5-6-16-9-13-18(23-4)14-10-16/h7-14H,1-4H3,(H,21,22). The van der Waals surface area contributed by atoms with Gasteiger partial charge in [-0.3, -0.25) is 4.79 Å². The van der Waals surface area contributed by atoms with Gasteiger partial charge in [-0.25, -0.2) is 0 Å². The van der Waals surface area contributed by atoms with E-state index in [4.69, 9.17) is 4.74 Å². The molecule has 0 aliphatic heterocycles. The van der Waals surface area contributed by atoms with Crippen LogP contribution in [0.3, 0.4) is 0 Å². The second-order valence-electron chi connectivity index (χ2n) is 6.26. The average Bonchev–Trinajstić information content (AvgIpc) is 2.52. The van der Waals surface area contributed by atoms with Gasteiger partial charge in [-0.05, 0) is 69.3 Å². The van der Waals surface area contributed by atoms with Crippen molar-refractivity contribution in [2.45, 2.75) is 26.3 Å². The van der Waals surface area contributed by atoms with Crippen molar-refractivity contribution in [2.24, 2.45) is 0 Å². The van der Waals surface area contributed by atoms with Gasteiger partial charge in [0.25, 0.3) is 5.91 Å². The Morgan fingerprint density at radius 1 is 0.913 bits per heavy atom. The number of methoxy groups -OCH3 is 1. The van der Waals surface area contributed by atoms with Crippen LogP contribution in [0.5, 0.6) is 5.75 Å². The molecular formula is C20H21NO2. The summed E-state index contributed by atoms with van der Waals surface area (Å²) in [6.07, 6.45) is 0. The molecule has 0 fully saturated rings. The fraction of sp³-hybridized carbons (Fsp3) is 0.250. The summed E-state index contributed by atoms with van der Waals surface area (Å²) >= 11 is 0. The van der Waals surface area contributed by atoms with Gasteiger partial charge in [0.2, 0.25) is 0 Å². The highest BCUT2D eigenvalue weighted by Crippen LogP contribution is 2.11. The molecule has 0 spiro atoms. The highest BCUT2D eigenvalue weighted by Gasteiger charge is 2.14. The number of hydrogen-bond acceptors (Lipinski definition) is 2. The van der Waals surface area contributed by atoms with Crippen LogP contribution < -0.4 is 10.1 Å². The smallest absolute Gasteiger partial charge is 0.251 e. The van der Waals surface area contributed by atoms with Gasteiger partial charge < -0.3 is 10.1 Å². The van der Waals surface area contributed by atoms with E-state index in [9.17, 15) is 4.79 Å². The average molecular weight is 307 g/mol. The molecule has 0 radical (unpaired) electrons. The highest BCUT2D eigenvalue weighted by atomic mass is 16.5. The summed E-state index contributed by atoms with van der Waals surface area (Å²) in [7, 11) is 1.64. The minimum absolute atomic E-state index is 0.0767. The van der Waals surface area contributed by atoms with E-state index in [0.29, 0.717) is 5.56 Å². The molecule has 2 rings (SSSR count). The minimum Gasteiger partial charge on any atom is -0.497 e. The largest absolute Gasteiger partial charge is 0.497 e. The molecule has 0 aliphatic carbocycles. The fourth-order valence-corrected chi connectivity index (χ4v) is 1.94. The van der Waals surface area contributed by atoms with Crippen LogP contribution in [0, 0.1) is 11.8 Å². The molecule has 0 atom stereocenters. The van der Waals surface area contributed by atoms with Crippen LogP contribution in [-0.4, -0.2) is 18.6 Å². The first-order valence-corrected chi connectivity index (χ1v) is 7.46. The first kappa shape index (κ1) is 16.6. The maximum atomic E-state index is 12.1. The molecular weight excluding hydrogens is 286 g/mol. The Bertz CT molecular complexity index is 726. The number of nitrogens with one attached hydrogen (secondary N) is 1. The van der Waals surface area contributed by atoms with Gasteiger partial charge in [-0.15, -0.1) is 0 Å². The SMILES string of the molecule is COc1ccc(C#Cc2ccc(C(=O)NC(C)(C)C)cc2)cc1. The van der Waals surface area contributed by atoms with E-state index in [0.717, 1.165) is 16.9 Å². The van der Waals surface area contributed by atoms with Gasteiger partial charge in [0, 0.05) is 22.2 Å². The van der Waals surface area contributed by atoms with Crippen molar-refractivity contribution in [1.82, 2.24) is 5.32 Å². The lowest BCUT2D eigenvalue weighted by molar-refractivity contribution is 0.0919. The van der Waals surface area contributed by atoms with Gasteiger partial charge >= 0.3 is 0 Å². The van der Waals surface area contributed by atoms with Gasteiger partial charge in [-0.2, -0.15) is 0 Å². The lowest BCUT2D eigenvalue weighted by Gasteiger charge is -2.20. The lowest BCUT2D eigenvalue weighted by Crippen LogP contribution is -2.40. The minimum atomic E-state index is -0.246. The Balaban J connectivity index is 2.08. The summed E-state index contributed by atoms with van der Waals surface area (Å²) < 4.78 is 5.12. The number of rotatable bonds is 2. The van der Waals surface area contributed by atoms with Crippen LogP contribution in [0.1, 0.15) is 42.3 Å². The second-order valence-corrected chi connectivity index (χ2v) is 6.26. The third-order valence-electron chi connectivity index (χ3n) is 3.08. The Hall–Kier alpha value is -2.73.